The second-order valence-electron chi connectivity index (χ2n) is 6.77. The van der Waals surface area contributed by atoms with Crippen LogP contribution in [0, 0.1) is 5.82 Å². The Balaban J connectivity index is 1.57. The van der Waals surface area contributed by atoms with Crippen LogP contribution in [-0.2, 0) is 21.4 Å². The summed E-state index contributed by atoms with van der Waals surface area (Å²) < 4.78 is 36.6. The zero-order valence-corrected chi connectivity index (χ0v) is 16.6. The quantitative estimate of drug-likeness (QED) is 0.679. The highest BCUT2D eigenvalue weighted by Gasteiger charge is 2.30. The molecule has 150 valence electrons. The maximum absolute atomic E-state index is 14.1. The Kier molecular flexibility index (Phi) is 6.34. The van der Waals surface area contributed by atoms with Crippen LogP contribution in [0.2, 0.25) is 5.02 Å². The summed E-state index contributed by atoms with van der Waals surface area (Å²) in [5, 5.41) is 8.15. The zero-order chi connectivity index (χ0) is 20.3. The van der Waals surface area contributed by atoms with E-state index in [1.807, 2.05) is 0 Å². The number of benzene rings is 2. The van der Waals surface area contributed by atoms with Gasteiger partial charge in [0.05, 0.1) is 4.90 Å². The van der Waals surface area contributed by atoms with Crippen LogP contribution in [0.15, 0.2) is 47.4 Å². The number of hydrogen-bond donors (Lipinski definition) is 2. The van der Waals surface area contributed by atoms with Gasteiger partial charge in [-0.1, -0.05) is 17.7 Å². The average molecular weight is 426 g/mol. The lowest BCUT2D eigenvalue weighted by Gasteiger charge is -2.22. The third kappa shape index (κ3) is 5.51. The number of anilines is 1. The molecule has 0 spiro atoms. The molecule has 0 bridgehead atoms. The number of halogens is 2. The molecular weight excluding hydrogens is 405 g/mol. The van der Waals surface area contributed by atoms with E-state index in [0.29, 0.717) is 35.4 Å². The first-order valence-corrected chi connectivity index (χ1v) is 10.8. The van der Waals surface area contributed by atoms with Gasteiger partial charge in [-0.25, -0.2) is 17.9 Å². The van der Waals surface area contributed by atoms with E-state index < -0.39 is 10.0 Å². The first-order chi connectivity index (χ1) is 13.2. The van der Waals surface area contributed by atoms with E-state index in [1.165, 1.54) is 30.3 Å². The number of nitrogens with two attached hydrogens (primary N) is 1. The fourth-order valence-corrected chi connectivity index (χ4v) is 3.65. The van der Waals surface area contributed by atoms with Crippen molar-refractivity contribution in [2.75, 3.05) is 11.9 Å². The van der Waals surface area contributed by atoms with Crippen molar-refractivity contribution in [3.63, 3.8) is 0 Å². The molecule has 1 aliphatic carbocycles. The molecule has 1 aliphatic rings. The molecule has 0 radical (unpaired) electrons. The highest BCUT2D eigenvalue weighted by molar-refractivity contribution is 7.89. The molecule has 1 amide bonds. The minimum Gasteiger partial charge on any atom is -0.326 e. The Morgan fingerprint density at radius 2 is 1.89 bits per heavy atom. The third-order valence-corrected chi connectivity index (χ3v) is 5.86. The van der Waals surface area contributed by atoms with Gasteiger partial charge in [-0.05, 0) is 49.2 Å². The lowest BCUT2D eigenvalue weighted by Crippen LogP contribution is -2.30. The SMILES string of the molecule is NS(=O)(=O)c1ccc(NC(=O)CCN(Cc2c(F)cccc2Cl)C2CC2)cc1. The summed E-state index contributed by atoms with van der Waals surface area (Å²) in [7, 11) is -3.77. The molecule has 2 aromatic rings. The first-order valence-electron chi connectivity index (χ1n) is 8.83. The van der Waals surface area contributed by atoms with E-state index >= 15 is 0 Å². The lowest BCUT2D eigenvalue weighted by atomic mass is 10.2. The summed E-state index contributed by atoms with van der Waals surface area (Å²) in [6, 6.07) is 10.6. The summed E-state index contributed by atoms with van der Waals surface area (Å²) in [6.45, 7) is 0.822. The van der Waals surface area contributed by atoms with Crippen LogP contribution in [-0.4, -0.2) is 31.8 Å². The number of carbonyl (C=O) groups is 1. The Morgan fingerprint density at radius 1 is 1.21 bits per heavy atom. The molecule has 0 aromatic heterocycles. The summed E-state index contributed by atoms with van der Waals surface area (Å²) in [5.41, 5.74) is 0.919. The van der Waals surface area contributed by atoms with E-state index in [-0.39, 0.29) is 23.0 Å². The molecule has 0 aliphatic heterocycles. The first kappa shape index (κ1) is 20.7. The number of amides is 1. The number of nitrogens with one attached hydrogen (secondary N) is 1. The largest absolute Gasteiger partial charge is 0.326 e. The van der Waals surface area contributed by atoms with Crippen molar-refractivity contribution in [2.45, 2.75) is 36.7 Å². The van der Waals surface area contributed by atoms with Crippen LogP contribution >= 0.6 is 11.6 Å². The van der Waals surface area contributed by atoms with Crippen LogP contribution < -0.4 is 10.5 Å². The second-order valence-corrected chi connectivity index (χ2v) is 8.74. The number of rotatable bonds is 8. The summed E-state index contributed by atoms with van der Waals surface area (Å²) in [5.74, 6) is -0.564. The van der Waals surface area contributed by atoms with E-state index in [9.17, 15) is 17.6 Å². The van der Waals surface area contributed by atoms with Gasteiger partial charge in [0.2, 0.25) is 15.9 Å². The van der Waals surface area contributed by atoms with Crippen LogP contribution in [0.4, 0.5) is 10.1 Å². The van der Waals surface area contributed by atoms with Gasteiger partial charge in [-0.2, -0.15) is 0 Å². The molecule has 0 saturated heterocycles. The van der Waals surface area contributed by atoms with Gasteiger partial charge >= 0.3 is 0 Å². The fraction of sp³-hybridized carbons (Fsp3) is 0.316. The molecule has 1 saturated carbocycles. The molecule has 1 fully saturated rings. The van der Waals surface area contributed by atoms with E-state index in [4.69, 9.17) is 16.7 Å². The maximum atomic E-state index is 14.1. The van der Waals surface area contributed by atoms with Gasteiger partial charge in [0.15, 0.2) is 0 Å². The van der Waals surface area contributed by atoms with Crippen LogP contribution in [0.25, 0.3) is 0 Å². The average Bonchev–Trinajstić information content (AvgIpc) is 3.45. The number of primary sulfonamides is 1. The summed E-state index contributed by atoms with van der Waals surface area (Å²) in [6.07, 6.45) is 2.25. The Morgan fingerprint density at radius 3 is 2.46 bits per heavy atom. The molecular formula is C19H21ClFN3O3S. The number of hydrogen-bond acceptors (Lipinski definition) is 4. The van der Waals surface area contributed by atoms with Gasteiger partial charge < -0.3 is 5.32 Å². The number of sulfonamides is 1. The summed E-state index contributed by atoms with van der Waals surface area (Å²) >= 11 is 6.12. The number of carbonyl (C=O) groups excluding carboxylic acids is 1. The van der Waals surface area contributed by atoms with Crippen LogP contribution in [0.1, 0.15) is 24.8 Å². The Labute approximate surface area is 168 Å². The normalized spacial score (nSPS) is 14.3. The van der Waals surface area contributed by atoms with Gasteiger partial charge in [-0.3, -0.25) is 9.69 Å². The molecule has 2 aromatic carbocycles. The van der Waals surface area contributed by atoms with Crippen molar-refractivity contribution >= 4 is 33.2 Å². The smallest absolute Gasteiger partial charge is 0.238 e. The molecule has 0 atom stereocenters. The van der Waals surface area contributed by atoms with Gasteiger partial charge in [-0.15, -0.1) is 0 Å². The van der Waals surface area contributed by atoms with Crippen molar-refractivity contribution in [3.8, 4) is 0 Å². The van der Waals surface area contributed by atoms with E-state index in [2.05, 4.69) is 10.2 Å². The topological polar surface area (TPSA) is 92.5 Å². The van der Waals surface area contributed by atoms with E-state index in [0.717, 1.165) is 12.8 Å². The molecule has 28 heavy (non-hydrogen) atoms. The predicted molar refractivity (Wildman–Crippen MR) is 106 cm³/mol. The van der Waals surface area contributed by atoms with Crippen molar-refractivity contribution < 1.29 is 17.6 Å². The maximum Gasteiger partial charge on any atom is 0.238 e. The number of nitrogens with zero attached hydrogens (tertiary/aromatic N) is 1. The zero-order valence-electron chi connectivity index (χ0n) is 15.1. The molecule has 6 nitrogen and oxygen atoms in total. The highest BCUT2D eigenvalue weighted by Crippen LogP contribution is 2.30. The van der Waals surface area contributed by atoms with E-state index in [1.54, 1.807) is 12.1 Å². The van der Waals surface area contributed by atoms with Crippen molar-refractivity contribution in [1.29, 1.82) is 0 Å². The fourth-order valence-electron chi connectivity index (χ4n) is 2.91. The van der Waals surface area contributed by atoms with Gasteiger partial charge in [0, 0.05) is 41.8 Å². The van der Waals surface area contributed by atoms with Crippen LogP contribution in [0.3, 0.4) is 0 Å². The molecule has 3 rings (SSSR count). The monoisotopic (exact) mass is 425 g/mol. The van der Waals surface area contributed by atoms with Crippen molar-refractivity contribution in [2.24, 2.45) is 5.14 Å². The summed E-state index contributed by atoms with van der Waals surface area (Å²) in [4.78, 5) is 14.3. The van der Waals surface area contributed by atoms with Crippen LogP contribution in [0.5, 0.6) is 0 Å². The van der Waals surface area contributed by atoms with Crippen molar-refractivity contribution in [3.05, 3.63) is 58.9 Å². The standard InChI is InChI=1S/C19H21ClFN3O3S/c20-17-2-1-3-18(21)16(17)12-24(14-6-7-14)11-10-19(25)23-13-4-8-15(9-5-13)28(22,26)27/h1-5,8-9,14H,6-7,10-12H2,(H,23,25)(H2,22,26,27). The van der Waals surface area contributed by atoms with Gasteiger partial charge in [0.25, 0.3) is 0 Å². The molecule has 0 unspecified atom stereocenters. The molecule has 3 N–H and O–H groups in total. The highest BCUT2D eigenvalue weighted by atomic mass is 35.5. The minimum atomic E-state index is -3.77. The Hall–Kier alpha value is -2.00. The lowest BCUT2D eigenvalue weighted by molar-refractivity contribution is -0.116. The molecule has 0 heterocycles. The van der Waals surface area contributed by atoms with Gasteiger partial charge in [0.1, 0.15) is 5.82 Å². The Bertz CT molecular complexity index is 943. The van der Waals surface area contributed by atoms with Crippen molar-refractivity contribution in [1.82, 2.24) is 4.90 Å². The molecule has 9 heteroatoms. The second kappa shape index (κ2) is 8.57. The predicted octanol–water partition coefficient (Wildman–Crippen LogP) is 3.12. The minimum absolute atomic E-state index is 0.0211. The third-order valence-electron chi connectivity index (χ3n) is 4.58.